The van der Waals surface area contributed by atoms with E-state index in [0.29, 0.717) is 51.5 Å². The first-order chi connectivity index (χ1) is 13.2. The summed E-state index contributed by atoms with van der Waals surface area (Å²) in [5.74, 6) is -0.118. The van der Waals surface area contributed by atoms with Crippen LogP contribution in [0.5, 0.6) is 0 Å². The number of carbonyl (C=O) groups is 2. The number of piperazine rings is 1. The Labute approximate surface area is 157 Å². The Morgan fingerprint density at radius 1 is 1.07 bits per heavy atom. The van der Waals surface area contributed by atoms with Crippen LogP contribution in [-0.2, 0) is 9.53 Å². The number of hydrogen-bond donors (Lipinski definition) is 2. The lowest BCUT2D eigenvalue weighted by molar-refractivity contribution is -0.140. The summed E-state index contributed by atoms with van der Waals surface area (Å²) in [6.45, 7) is 3.94. The molecule has 0 radical (unpaired) electrons. The van der Waals surface area contributed by atoms with Crippen molar-refractivity contribution in [2.24, 2.45) is 0 Å². The SMILES string of the molecule is O=C(C1CNCCN1C(=O)c1ccc(-c2ccn[nH]2)cc1)N1CCOCC1. The van der Waals surface area contributed by atoms with Crippen molar-refractivity contribution in [1.29, 1.82) is 0 Å². The third-order valence-corrected chi connectivity index (χ3v) is 5.06. The highest BCUT2D eigenvalue weighted by Crippen LogP contribution is 2.19. The number of ether oxygens (including phenoxy) is 1. The molecule has 2 aromatic rings. The summed E-state index contributed by atoms with van der Waals surface area (Å²) in [6, 6.07) is 8.79. The van der Waals surface area contributed by atoms with Crippen LogP contribution in [-0.4, -0.2) is 83.8 Å². The first-order valence-electron chi connectivity index (χ1n) is 9.22. The number of hydrogen-bond acceptors (Lipinski definition) is 5. The molecule has 0 bridgehead atoms. The Morgan fingerprint density at radius 2 is 1.85 bits per heavy atom. The first-order valence-corrected chi connectivity index (χ1v) is 9.22. The number of nitrogens with zero attached hydrogens (tertiary/aromatic N) is 3. The van der Waals surface area contributed by atoms with Gasteiger partial charge in [0.15, 0.2) is 0 Å². The highest BCUT2D eigenvalue weighted by molar-refractivity contribution is 5.98. The summed E-state index contributed by atoms with van der Waals surface area (Å²) in [7, 11) is 0. The molecule has 1 aromatic carbocycles. The Balaban J connectivity index is 1.50. The van der Waals surface area contributed by atoms with Crippen molar-refractivity contribution in [3.8, 4) is 11.3 Å². The molecule has 2 saturated heterocycles. The number of morpholine rings is 1. The molecule has 8 nitrogen and oxygen atoms in total. The lowest BCUT2D eigenvalue weighted by atomic mass is 10.1. The molecule has 2 amide bonds. The molecule has 2 fully saturated rings. The van der Waals surface area contributed by atoms with Gasteiger partial charge in [-0.05, 0) is 23.8 Å². The number of aromatic amines is 1. The van der Waals surface area contributed by atoms with Gasteiger partial charge in [-0.1, -0.05) is 12.1 Å². The maximum Gasteiger partial charge on any atom is 0.254 e. The molecule has 0 saturated carbocycles. The number of amides is 2. The summed E-state index contributed by atoms with van der Waals surface area (Å²) in [5.41, 5.74) is 2.45. The van der Waals surface area contributed by atoms with Crippen LogP contribution in [0.25, 0.3) is 11.3 Å². The summed E-state index contributed by atoms with van der Waals surface area (Å²) in [4.78, 5) is 29.5. The standard InChI is InChI=1S/C19H23N5O3/c25-18(15-3-1-14(2-4-15)16-5-6-21-22-16)24-8-7-20-13-17(24)19(26)23-9-11-27-12-10-23/h1-6,17,20H,7-13H2,(H,21,22). The van der Waals surface area contributed by atoms with Gasteiger partial charge in [0, 0.05) is 44.5 Å². The van der Waals surface area contributed by atoms with Crippen molar-refractivity contribution >= 4 is 11.8 Å². The molecule has 2 aliphatic rings. The van der Waals surface area contributed by atoms with E-state index in [2.05, 4.69) is 15.5 Å². The summed E-state index contributed by atoms with van der Waals surface area (Å²) < 4.78 is 5.33. The summed E-state index contributed by atoms with van der Waals surface area (Å²) in [6.07, 6.45) is 1.69. The van der Waals surface area contributed by atoms with E-state index in [1.54, 1.807) is 28.1 Å². The average Bonchev–Trinajstić information content (AvgIpc) is 3.28. The van der Waals surface area contributed by atoms with Gasteiger partial charge in [0.05, 0.1) is 18.9 Å². The van der Waals surface area contributed by atoms with E-state index >= 15 is 0 Å². The fraction of sp³-hybridized carbons (Fsp3) is 0.421. The minimum atomic E-state index is -0.475. The van der Waals surface area contributed by atoms with Crippen molar-refractivity contribution < 1.29 is 14.3 Å². The molecule has 1 atom stereocenters. The quantitative estimate of drug-likeness (QED) is 0.815. The van der Waals surface area contributed by atoms with Crippen molar-refractivity contribution in [3.63, 3.8) is 0 Å². The number of nitrogens with one attached hydrogen (secondary N) is 2. The number of carbonyl (C=O) groups excluding carboxylic acids is 2. The molecule has 3 heterocycles. The maximum atomic E-state index is 13.1. The molecule has 2 aliphatic heterocycles. The Morgan fingerprint density at radius 3 is 2.56 bits per heavy atom. The fourth-order valence-electron chi connectivity index (χ4n) is 3.54. The Kier molecular flexibility index (Phi) is 5.17. The van der Waals surface area contributed by atoms with Gasteiger partial charge in [-0.25, -0.2) is 0 Å². The van der Waals surface area contributed by atoms with Crippen molar-refractivity contribution in [3.05, 3.63) is 42.1 Å². The second kappa shape index (κ2) is 7.89. The highest BCUT2D eigenvalue weighted by Gasteiger charge is 2.35. The molecule has 8 heteroatoms. The molecule has 27 heavy (non-hydrogen) atoms. The number of rotatable bonds is 3. The lowest BCUT2D eigenvalue weighted by Crippen LogP contribution is -2.61. The molecule has 4 rings (SSSR count). The van der Waals surface area contributed by atoms with Gasteiger partial charge in [-0.3, -0.25) is 14.7 Å². The zero-order valence-electron chi connectivity index (χ0n) is 15.1. The highest BCUT2D eigenvalue weighted by atomic mass is 16.5. The average molecular weight is 369 g/mol. The summed E-state index contributed by atoms with van der Waals surface area (Å²) >= 11 is 0. The molecule has 142 valence electrons. The third kappa shape index (κ3) is 3.72. The molecule has 1 aromatic heterocycles. The topological polar surface area (TPSA) is 90.6 Å². The van der Waals surface area contributed by atoms with Crippen LogP contribution < -0.4 is 5.32 Å². The third-order valence-electron chi connectivity index (χ3n) is 5.06. The Bertz CT molecular complexity index is 784. The molecular formula is C19H23N5O3. The van der Waals surface area contributed by atoms with Gasteiger partial charge in [0.1, 0.15) is 6.04 Å². The predicted molar refractivity (Wildman–Crippen MR) is 99.1 cm³/mol. The van der Waals surface area contributed by atoms with E-state index in [1.807, 2.05) is 18.2 Å². The van der Waals surface area contributed by atoms with E-state index in [1.165, 1.54) is 0 Å². The second-order valence-corrected chi connectivity index (χ2v) is 6.70. The van der Waals surface area contributed by atoms with E-state index < -0.39 is 6.04 Å². The normalized spacial score (nSPS) is 20.5. The van der Waals surface area contributed by atoms with Gasteiger partial charge in [-0.15, -0.1) is 0 Å². The zero-order chi connectivity index (χ0) is 18.6. The molecule has 1 unspecified atom stereocenters. The zero-order valence-corrected chi connectivity index (χ0v) is 15.1. The van der Waals surface area contributed by atoms with Crippen LogP contribution in [0.3, 0.4) is 0 Å². The monoisotopic (exact) mass is 369 g/mol. The minimum Gasteiger partial charge on any atom is -0.378 e. The molecule has 0 spiro atoms. The lowest BCUT2D eigenvalue weighted by Gasteiger charge is -2.39. The largest absolute Gasteiger partial charge is 0.378 e. The fourth-order valence-corrected chi connectivity index (χ4v) is 3.54. The molecule has 0 aliphatic carbocycles. The number of benzene rings is 1. The van der Waals surface area contributed by atoms with Crippen molar-refractivity contribution in [2.75, 3.05) is 45.9 Å². The molecule has 2 N–H and O–H groups in total. The van der Waals surface area contributed by atoms with Crippen LogP contribution in [0.15, 0.2) is 36.5 Å². The van der Waals surface area contributed by atoms with Gasteiger partial charge in [0.25, 0.3) is 5.91 Å². The van der Waals surface area contributed by atoms with E-state index in [-0.39, 0.29) is 11.8 Å². The van der Waals surface area contributed by atoms with Gasteiger partial charge in [0.2, 0.25) is 5.91 Å². The summed E-state index contributed by atoms with van der Waals surface area (Å²) in [5, 5.41) is 10.1. The van der Waals surface area contributed by atoms with Crippen molar-refractivity contribution in [2.45, 2.75) is 6.04 Å². The van der Waals surface area contributed by atoms with E-state index in [9.17, 15) is 9.59 Å². The maximum absolute atomic E-state index is 13.1. The Hall–Kier alpha value is -2.71. The van der Waals surface area contributed by atoms with Gasteiger partial charge < -0.3 is 19.9 Å². The number of H-pyrrole nitrogens is 1. The van der Waals surface area contributed by atoms with Crippen LogP contribution in [0.4, 0.5) is 0 Å². The predicted octanol–water partition coefficient (Wildman–Crippen LogP) is 0.350. The van der Waals surface area contributed by atoms with E-state index in [0.717, 1.165) is 11.3 Å². The molecular weight excluding hydrogens is 346 g/mol. The van der Waals surface area contributed by atoms with Crippen LogP contribution >= 0.6 is 0 Å². The second-order valence-electron chi connectivity index (χ2n) is 6.70. The number of aromatic nitrogens is 2. The van der Waals surface area contributed by atoms with E-state index in [4.69, 9.17) is 4.74 Å². The first kappa shape index (κ1) is 17.7. The van der Waals surface area contributed by atoms with Crippen LogP contribution in [0.1, 0.15) is 10.4 Å². The minimum absolute atomic E-state index is 0.00655. The van der Waals surface area contributed by atoms with Crippen molar-refractivity contribution in [1.82, 2.24) is 25.3 Å². The van der Waals surface area contributed by atoms with Crippen LogP contribution in [0, 0.1) is 0 Å². The van der Waals surface area contributed by atoms with Crippen LogP contribution in [0.2, 0.25) is 0 Å². The van der Waals surface area contributed by atoms with Gasteiger partial charge >= 0.3 is 0 Å². The van der Waals surface area contributed by atoms with Gasteiger partial charge in [-0.2, -0.15) is 5.10 Å². The smallest absolute Gasteiger partial charge is 0.254 e.